The van der Waals surface area contributed by atoms with Gasteiger partial charge >= 0.3 is 0 Å². The quantitative estimate of drug-likeness (QED) is 0.161. The van der Waals surface area contributed by atoms with Gasteiger partial charge in [-0.1, -0.05) is 172 Å². The van der Waals surface area contributed by atoms with E-state index in [1.54, 1.807) is 0 Å². The molecule has 0 saturated carbocycles. The van der Waals surface area contributed by atoms with Crippen molar-refractivity contribution in [3.05, 3.63) is 223 Å². The van der Waals surface area contributed by atoms with Crippen LogP contribution in [0.25, 0.3) is 77.6 Å². The molecule has 0 bridgehead atoms. The minimum absolute atomic E-state index is 0.0844. The molecule has 1 aliphatic rings. The first-order valence-corrected chi connectivity index (χ1v) is 20.4. The Kier molecular flexibility index (Phi) is 8.20. The average molecular weight is 756 g/mol. The fourth-order valence-corrected chi connectivity index (χ4v) is 9.21. The van der Waals surface area contributed by atoms with Gasteiger partial charge in [-0.2, -0.15) is 0 Å². The molecule has 0 aliphatic heterocycles. The second-order valence-electron chi connectivity index (χ2n) is 16.1. The molecule has 0 radical (unpaired) electrons. The highest BCUT2D eigenvalue weighted by Gasteiger charge is 2.35. The van der Waals surface area contributed by atoms with Gasteiger partial charge in [0.1, 0.15) is 11.2 Å². The molecule has 1 aliphatic carbocycles. The topological polar surface area (TPSA) is 16.4 Å². The Bertz CT molecular complexity index is 3160. The van der Waals surface area contributed by atoms with E-state index >= 15 is 0 Å². The summed E-state index contributed by atoms with van der Waals surface area (Å²) in [4.78, 5) is 2.35. The number of furan rings is 1. The molecule has 0 atom stereocenters. The van der Waals surface area contributed by atoms with Gasteiger partial charge < -0.3 is 9.32 Å². The van der Waals surface area contributed by atoms with Crippen LogP contribution in [0, 0.1) is 0 Å². The van der Waals surface area contributed by atoms with Gasteiger partial charge in [-0.05, 0) is 116 Å². The third kappa shape index (κ3) is 5.96. The molecule has 1 heterocycles. The van der Waals surface area contributed by atoms with E-state index in [4.69, 9.17) is 4.42 Å². The van der Waals surface area contributed by atoms with E-state index in [2.05, 4.69) is 219 Å². The zero-order valence-corrected chi connectivity index (χ0v) is 33.1. The van der Waals surface area contributed by atoms with Crippen molar-refractivity contribution in [3.8, 4) is 55.6 Å². The summed E-state index contributed by atoms with van der Waals surface area (Å²) in [6, 6.07) is 76.7. The summed E-state index contributed by atoms with van der Waals surface area (Å²) in [5, 5.41) is 2.26. The summed E-state index contributed by atoms with van der Waals surface area (Å²) >= 11 is 0. The molecule has 9 aromatic carbocycles. The van der Waals surface area contributed by atoms with Crippen molar-refractivity contribution in [1.29, 1.82) is 0 Å². The van der Waals surface area contributed by atoms with Gasteiger partial charge in [0.05, 0.1) is 0 Å². The summed E-state index contributed by atoms with van der Waals surface area (Å²) < 4.78 is 6.49. The van der Waals surface area contributed by atoms with Gasteiger partial charge in [0.25, 0.3) is 0 Å². The van der Waals surface area contributed by atoms with Crippen molar-refractivity contribution in [2.45, 2.75) is 19.3 Å². The summed E-state index contributed by atoms with van der Waals surface area (Å²) in [5.41, 5.74) is 19.9. The summed E-state index contributed by atoms with van der Waals surface area (Å²) in [6.45, 7) is 4.71. The fraction of sp³-hybridized carbons (Fsp3) is 0.0526. The first kappa shape index (κ1) is 34.8. The number of anilines is 3. The van der Waals surface area contributed by atoms with Crippen LogP contribution in [0.4, 0.5) is 17.1 Å². The van der Waals surface area contributed by atoms with Crippen LogP contribution in [0.3, 0.4) is 0 Å². The number of benzene rings is 9. The Labute approximate surface area is 345 Å². The number of para-hydroxylation sites is 2. The van der Waals surface area contributed by atoms with Gasteiger partial charge in [-0.15, -0.1) is 0 Å². The van der Waals surface area contributed by atoms with Crippen LogP contribution < -0.4 is 4.90 Å². The Balaban J connectivity index is 0.980. The lowest BCUT2D eigenvalue weighted by Crippen LogP contribution is -2.15. The largest absolute Gasteiger partial charge is 0.455 e. The third-order valence-electron chi connectivity index (χ3n) is 12.3. The van der Waals surface area contributed by atoms with Gasteiger partial charge in [0, 0.05) is 38.8 Å². The molecule has 11 rings (SSSR count). The van der Waals surface area contributed by atoms with Gasteiger partial charge in [0.2, 0.25) is 0 Å². The Hall–Kier alpha value is -7.42. The van der Waals surface area contributed by atoms with Crippen LogP contribution in [-0.2, 0) is 5.41 Å². The standard InChI is InChI=1S/C57H41NO/c1-57(2)53-34-28-42(36-52(53)49-33-27-43(37-54(49)57)39-15-7-4-8-16-39)41-25-31-46(32-26-41)58(45-29-23-40(24-30-45)38-13-5-3-6-14-38)47-18-11-17-44(35-47)48-20-12-21-51-50-19-9-10-22-55(50)59-56(48)51/h3-37H,1-2H3. The highest BCUT2D eigenvalue weighted by molar-refractivity contribution is 6.09. The molecule has 59 heavy (non-hydrogen) atoms. The SMILES string of the molecule is CC1(C)c2ccc(-c3ccc(N(c4ccc(-c5ccccc5)cc4)c4cccc(-c5cccc6c5oc5ccccc56)c4)cc3)cc2-c2ccc(-c3ccccc3)cc21. The molecule has 0 fully saturated rings. The molecule has 0 amide bonds. The van der Waals surface area contributed by atoms with E-state index in [1.165, 1.54) is 55.6 Å². The number of rotatable bonds is 7. The molecule has 2 heteroatoms. The lowest BCUT2D eigenvalue weighted by Gasteiger charge is -2.26. The van der Waals surface area contributed by atoms with E-state index in [9.17, 15) is 0 Å². The summed E-state index contributed by atoms with van der Waals surface area (Å²) in [5.74, 6) is 0. The molecule has 10 aromatic rings. The summed E-state index contributed by atoms with van der Waals surface area (Å²) in [7, 11) is 0. The minimum atomic E-state index is -0.0844. The monoisotopic (exact) mass is 755 g/mol. The van der Waals surface area contributed by atoms with Crippen LogP contribution in [-0.4, -0.2) is 0 Å². The van der Waals surface area contributed by atoms with Crippen molar-refractivity contribution in [2.24, 2.45) is 0 Å². The van der Waals surface area contributed by atoms with Crippen molar-refractivity contribution in [2.75, 3.05) is 4.90 Å². The van der Waals surface area contributed by atoms with E-state index < -0.39 is 0 Å². The van der Waals surface area contributed by atoms with Crippen LogP contribution in [0.15, 0.2) is 217 Å². The Morgan fingerprint density at radius 2 is 0.881 bits per heavy atom. The molecule has 280 valence electrons. The highest BCUT2D eigenvalue weighted by Crippen LogP contribution is 2.51. The van der Waals surface area contributed by atoms with Crippen molar-refractivity contribution in [3.63, 3.8) is 0 Å². The van der Waals surface area contributed by atoms with Crippen molar-refractivity contribution in [1.82, 2.24) is 0 Å². The normalized spacial score (nSPS) is 12.7. The van der Waals surface area contributed by atoms with E-state index in [0.717, 1.165) is 50.1 Å². The maximum absolute atomic E-state index is 6.49. The maximum atomic E-state index is 6.49. The number of hydrogen-bond donors (Lipinski definition) is 0. The fourth-order valence-electron chi connectivity index (χ4n) is 9.21. The third-order valence-corrected chi connectivity index (χ3v) is 12.3. The molecule has 2 nitrogen and oxygen atoms in total. The Morgan fingerprint density at radius 1 is 0.339 bits per heavy atom. The minimum Gasteiger partial charge on any atom is -0.455 e. The van der Waals surface area contributed by atoms with E-state index in [1.807, 2.05) is 12.1 Å². The van der Waals surface area contributed by atoms with Crippen molar-refractivity contribution >= 4 is 39.0 Å². The second-order valence-corrected chi connectivity index (χ2v) is 16.1. The lowest BCUT2D eigenvalue weighted by molar-refractivity contribution is 0.660. The molecule has 0 unspecified atom stereocenters. The molecule has 0 N–H and O–H groups in total. The number of fused-ring (bicyclic) bond motifs is 6. The zero-order chi connectivity index (χ0) is 39.5. The van der Waals surface area contributed by atoms with E-state index in [0.29, 0.717) is 0 Å². The highest BCUT2D eigenvalue weighted by atomic mass is 16.3. The molecular weight excluding hydrogens is 715 g/mol. The number of hydrogen-bond acceptors (Lipinski definition) is 2. The first-order valence-electron chi connectivity index (χ1n) is 20.4. The number of nitrogens with zero attached hydrogens (tertiary/aromatic N) is 1. The van der Waals surface area contributed by atoms with Crippen LogP contribution in [0.1, 0.15) is 25.0 Å². The van der Waals surface area contributed by atoms with Gasteiger partial charge in [-0.25, -0.2) is 0 Å². The predicted molar refractivity (Wildman–Crippen MR) is 248 cm³/mol. The van der Waals surface area contributed by atoms with Gasteiger partial charge in [0.15, 0.2) is 0 Å². The van der Waals surface area contributed by atoms with Crippen LogP contribution >= 0.6 is 0 Å². The maximum Gasteiger partial charge on any atom is 0.143 e. The lowest BCUT2D eigenvalue weighted by atomic mass is 9.81. The zero-order valence-electron chi connectivity index (χ0n) is 33.1. The van der Waals surface area contributed by atoms with Crippen LogP contribution in [0.2, 0.25) is 0 Å². The predicted octanol–water partition coefficient (Wildman–Crippen LogP) is 16.0. The molecule has 0 saturated heterocycles. The van der Waals surface area contributed by atoms with E-state index in [-0.39, 0.29) is 5.41 Å². The van der Waals surface area contributed by atoms with Crippen molar-refractivity contribution < 1.29 is 4.42 Å². The van der Waals surface area contributed by atoms with Gasteiger partial charge in [-0.3, -0.25) is 0 Å². The average Bonchev–Trinajstić information content (AvgIpc) is 3.79. The molecule has 1 aromatic heterocycles. The first-order chi connectivity index (χ1) is 29.0. The van der Waals surface area contributed by atoms with Crippen LogP contribution in [0.5, 0.6) is 0 Å². The Morgan fingerprint density at radius 3 is 1.61 bits per heavy atom. The molecular formula is C57H41NO. The molecule has 0 spiro atoms. The smallest absolute Gasteiger partial charge is 0.143 e. The second kappa shape index (κ2) is 13.9. The summed E-state index contributed by atoms with van der Waals surface area (Å²) in [6.07, 6.45) is 0.